The summed E-state index contributed by atoms with van der Waals surface area (Å²) in [6.45, 7) is 1.84. The number of nitrogens with one attached hydrogen (secondary N) is 2. The van der Waals surface area contributed by atoms with E-state index in [0.29, 0.717) is 23.6 Å². The van der Waals surface area contributed by atoms with Crippen LogP contribution in [0.4, 0.5) is 13.2 Å². The van der Waals surface area contributed by atoms with Crippen molar-refractivity contribution in [3.8, 4) is 11.6 Å². The summed E-state index contributed by atoms with van der Waals surface area (Å²) in [5.74, 6) is -5.79. The average molecular weight is 522 g/mol. The summed E-state index contributed by atoms with van der Waals surface area (Å²) in [6.07, 6.45) is 7.98. The number of benzene rings is 1. The van der Waals surface area contributed by atoms with Gasteiger partial charge in [0.1, 0.15) is 6.33 Å². The molecule has 190 valence electrons. The number of carbonyl (C=O) groups is 2. The Morgan fingerprint density at radius 1 is 1.17 bits per heavy atom. The number of amides is 2. The van der Waals surface area contributed by atoms with Crippen LogP contribution in [0.25, 0.3) is 11.9 Å². The highest BCUT2D eigenvalue weighted by atomic mass is 35.5. The van der Waals surface area contributed by atoms with Gasteiger partial charge in [-0.05, 0) is 55.2 Å². The molecule has 0 bridgehead atoms. The van der Waals surface area contributed by atoms with E-state index in [-0.39, 0.29) is 17.9 Å². The van der Waals surface area contributed by atoms with Gasteiger partial charge in [-0.1, -0.05) is 0 Å². The van der Waals surface area contributed by atoms with Crippen molar-refractivity contribution in [2.24, 2.45) is 0 Å². The van der Waals surface area contributed by atoms with Crippen LogP contribution in [0.15, 0.2) is 43.0 Å². The number of carbonyl (C=O) groups excluding carboxylic acids is 2. The first-order chi connectivity index (χ1) is 17.2. The third-order valence-electron chi connectivity index (χ3n) is 5.12. The number of methoxy groups -OCH3 is 1. The van der Waals surface area contributed by atoms with Gasteiger partial charge in [0, 0.05) is 24.3 Å². The first-order valence-corrected chi connectivity index (χ1v) is 11.3. The van der Waals surface area contributed by atoms with Crippen molar-refractivity contribution in [2.45, 2.75) is 25.7 Å². The SMILES string of the molecule is COc1cc(C=CC(=O)NNC(=O)C(CCCCl)c2cc(F)c(F)c(F)c2)cnc1-n1cnc(C)c1. The molecule has 12 heteroatoms. The summed E-state index contributed by atoms with van der Waals surface area (Å²) in [6, 6.07) is 3.15. The van der Waals surface area contributed by atoms with Crippen molar-refractivity contribution in [1.82, 2.24) is 25.4 Å². The molecule has 1 unspecified atom stereocenters. The Kier molecular flexibility index (Phi) is 9.07. The Labute approximate surface area is 210 Å². The molecule has 3 aromatic rings. The molecule has 0 spiro atoms. The normalized spacial score (nSPS) is 11.9. The number of nitrogens with zero attached hydrogens (tertiary/aromatic N) is 3. The number of alkyl halides is 1. The second-order valence-corrected chi connectivity index (χ2v) is 8.09. The van der Waals surface area contributed by atoms with Crippen molar-refractivity contribution in [3.05, 3.63) is 77.3 Å². The molecule has 0 fully saturated rings. The van der Waals surface area contributed by atoms with Gasteiger partial charge in [0.05, 0.1) is 18.7 Å². The van der Waals surface area contributed by atoms with Crippen LogP contribution in [0.5, 0.6) is 5.75 Å². The van der Waals surface area contributed by atoms with Crippen LogP contribution in [0.3, 0.4) is 0 Å². The van der Waals surface area contributed by atoms with Crippen molar-refractivity contribution < 1.29 is 27.5 Å². The first-order valence-electron chi connectivity index (χ1n) is 10.8. The second-order valence-electron chi connectivity index (χ2n) is 7.71. The molecule has 1 aromatic carbocycles. The smallest absolute Gasteiger partial charge is 0.262 e. The van der Waals surface area contributed by atoms with Crippen LogP contribution in [-0.2, 0) is 9.59 Å². The van der Waals surface area contributed by atoms with Gasteiger partial charge < -0.3 is 4.74 Å². The van der Waals surface area contributed by atoms with Crippen LogP contribution in [0.1, 0.15) is 35.6 Å². The van der Waals surface area contributed by atoms with E-state index in [9.17, 15) is 22.8 Å². The molecule has 1 atom stereocenters. The third kappa shape index (κ3) is 6.63. The fraction of sp³-hybridized carbons (Fsp3) is 0.250. The number of aryl methyl sites for hydroxylation is 1. The number of ether oxygens (including phenoxy) is 1. The topological polar surface area (TPSA) is 98.1 Å². The Bertz CT molecular complexity index is 1260. The van der Waals surface area contributed by atoms with E-state index in [1.165, 1.54) is 19.4 Å². The van der Waals surface area contributed by atoms with Crippen LogP contribution < -0.4 is 15.6 Å². The molecule has 3 rings (SSSR count). The van der Waals surface area contributed by atoms with Crippen LogP contribution in [-0.4, -0.2) is 39.3 Å². The first kappa shape index (κ1) is 26.7. The molecule has 36 heavy (non-hydrogen) atoms. The second kappa shape index (κ2) is 12.2. The maximum absolute atomic E-state index is 13.7. The molecule has 0 saturated carbocycles. The largest absolute Gasteiger partial charge is 0.493 e. The van der Waals surface area contributed by atoms with Gasteiger partial charge in [0.15, 0.2) is 29.0 Å². The average Bonchev–Trinajstić information content (AvgIpc) is 3.30. The van der Waals surface area contributed by atoms with Gasteiger partial charge in [-0.3, -0.25) is 25.0 Å². The predicted octanol–water partition coefficient (Wildman–Crippen LogP) is 3.97. The zero-order valence-electron chi connectivity index (χ0n) is 19.4. The minimum absolute atomic E-state index is 0.0786. The van der Waals surface area contributed by atoms with Crippen LogP contribution in [0, 0.1) is 24.4 Å². The number of pyridine rings is 1. The molecular weight excluding hydrogens is 499 g/mol. The zero-order chi connectivity index (χ0) is 26.2. The Balaban J connectivity index is 1.66. The highest BCUT2D eigenvalue weighted by molar-refractivity contribution is 6.17. The zero-order valence-corrected chi connectivity index (χ0v) is 20.2. The van der Waals surface area contributed by atoms with Gasteiger partial charge in [-0.25, -0.2) is 23.1 Å². The minimum atomic E-state index is -1.63. The molecule has 2 aromatic heterocycles. The van der Waals surface area contributed by atoms with E-state index in [1.807, 2.05) is 6.92 Å². The molecule has 0 aliphatic carbocycles. The molecule has 2 amide bonds. The Morgan fingerprint density at radius 2 is 1.89 bits per heavy atom. The van der Waals surface area contributed by atoms with Gasteiger partial charge in [0.25, 0.3) is 5.91 Å². The Hall–Kier alpha value is -3.86. The summed E-state index contributed by atoms with van der Waals surface area (Å²) in [5, 5.41) is 0. The van der Waals surface area contributed by atoms with Crippen molar-refractivity contribution in [1.29, 1.82) is 0 Å². The van der Waals surface area contributed by atoms with Crippen LogP contribution >= 0.6 is 11.6 Å². The number of halogens is 4. The van der Waals surface area contributed by atoms with E-state index in [2.05, 4.69) is 20.8 Å². The van der Waals surface area contributed by atoms with Crippen LogP contribution in [0.2, 0.25) is 0 Å². The number of aromatic nitrogens is 3. The minimum Gasteiger partial charge on any atom is -0.493 e. The fourth-order valence-corrected chi connectivity index (χ4v) is 3.51. The molecule has 0 radical (unpaired) electrons. The highest BCUT2D eigenvalue weighted by Gasteiger charge is 2.24. The number of hydrazine groups is 1. The predicted molar refractivity (Wildman–Crippen MR) is 127 cm³/mol. The number of rotatable bonds is 9. The number of hydrogen-bond donors (Lipinski definition) is 2. The number of hydrogen-bond acceptors (Lipinski definition) is 5. The number of imidazole rings is 1. The molecule has 0 aliphatic heterocycles. The summed E-state index contributed by atoms with van der Waals surface area (Å²) in [4.78, 5) is 33.3. The lowest BCUT2D eigenvalue weighted by molar-refractivity contribution is -0.127. The third-order valence-corrected chi connectivity index (χ3v) is 5.38. The van der Waals surface area contributed by atoms with E-state index in [0.717, 1.165) is 23.9 Å². The molecule has 0 saturated heterocycles. The van der Waals surface area contributed by atoms with Crippen molar-refractivity contribution in [2.75, 3.05) is 13.0 Å². The molecule has 0 aliphatic rings. The van der Waals surface area contributed by atoms with Crippen molar-refractivity contribution in [3.63, 3.8) is 0 Å². The monoisotopic (exact) mass is 521 g/mol. The van der Waals surface area contributed by atoms with E-state index >= 15 is 0 Å². The maximum Gasteiger partial charge on any atom is 0.262 e. The van der Waals surface area contributed by atoms with Gasteiger partial charge >= 0.3 is 0 Å². The van der Waals surface area contributed by atoms with E-state index in [1.54, 1.807) is 23.2 Å². The van der Waals surface area contributed by atoms with Gasteiger partial charge in [-0.2, -0.15) is 0 Å². The summed E-state index contributed by atoms with van der Waals surface area (Å²) in [7, 11) is 1.49. The van der Waals surface area contributed by atoms with Gasteiger partial charge in [0.2, 0.25) is 5.91 Å². The van der Waals surface area contributed by atoms with Gasteiger partial charge in [-0.15, -0.1) is 11.6 Å². The lowest BCUT2D eigenvalue weighted by Gasteiger charge is -2.17. The molecule has 2 N–H and O–H groups in total. The summed E-state index contributed by atoms with van der Waals surface area (Å²) in [5.41, 5.74) is 5.69. The Morgan fingerprint density at radius 3 is 2.50 bits per heavy atom. The summed E-state index contributed by atoms with van der Waals surface area (Å²) < 4.78 is 47.7. The van der Waals surface area contributed by atoms with Crippen molar-refractivity contribution >= 4 is 29.5 Å². The molecular formula is C24H23ClF3N5O3. The lowest BCUT2D eigenvalue weighted by Crippen LogP contribution is -2.43. The van der Waals surface area contributed by atoms with E-state index < -0.39 is 35.2 Å². The standard InChI is InChI=1S/C24H23ClF3N5O3/c1-14-12-33(13-30-14)23-20(36-2)8-15(11-29-23)5-6-21(34)31-32-24(35)17(4-3-7-25)16-9-18(26)22(28)19(27)10-16/h5-6,8-13,17H,3-4,7H2,1-2H3,(H,31,34)(H,32,35). The molecule has 8 nitrogen and oxygen atoms in total. The lowest BCUT2D eigenvalue weighted by atomic mass is 9.93. The quantitative estimate of drug-likeness (QED) is 0.192. The molecule has 2 heterocycles. The fourth-order valence-electron chi connectivity index (χ4n) is 3.36. The maximum atomic E-state index is 13.7. The summed E-state index contributed by atoms with van der Waals surface area (Å²) >= 11 is 5.68. The van der Waals surface area contributed by atoms with E-state index in [4.69, 9.17) is 16.3 Å². The highest BCUT2D eigenvalue weighted by Crippen LogP contribution is 2.26.